The minimum absolute atomic E-state index is 0.446. The Morgan fingerprint density at radius 2 is 1.77 bits per heavy atom. The highest BCUT2D eigenvalue weighted by molar-refractivity contribution is 7.80. The zero-order valence-corrected chi connectivity index (χ0v) is 16.5. The van der Waals surface area contributed by atoms with Gasteiger partial charge in [-0.05, 0) is 43.9 Å². The topological polar surface area (TPSA) is 3.24 Å². The zero-order chi connectivity index (χ0) is 16.5. The summed E-state index contributed by atoms with van der Waals surface area (Å²) in [6, 6.07) is 0.560. The lowest BCUT2D eigenvalue weighted by Crippen LogP contribution is -2.52. The third-order valence-electron chi connectivity index (χ3n) is 6.81. The van der Waals surface area contributed by atoms with Crippen molar-refractivity contribution in [3.63, 3.8) is 0 Å². The van der Waals surface area contributed by atoms with Crippen LogP contribution in [0, 0.1) is 23.2 Å². The zero-order valence-electron chi connectivity index (χ0n) is 15.7. The molecule has 0 bridgehead atoms. The predicted molar refractivity (Wildman–Crippen MR) is 104 cm³/mol. The summed E-state index contributed by atoms with van der Waals surface area (Å²) in [6.07, 6.45) is 8.21. The summed E-state index contributed by atoms with van der Waals surface area (Å²) >= 11 is 5.99. The number of nitrogens with zero attached hydrogens (tertiary/aromatic N) is 1. The molecule has 1 nitrogen and oxygen atoms in total. The molecule has 3 heteroatoms. The number of rotatable bonds is 2. The average molecular weight is 321 g/mol. The van der Waals surface area contributed by atoms with Crippen molar-refractivity contribution in [2.75, 3.05) is 6.54 Å². The predicted octanol–water partition coefficient (Wildman–Crippen LogP) is 4.71. The molecule has 0 amide bonds. The molecule has 126 valence electrons. The van der Waals surface area contributed by atoms with Gasteiger partial charge in [0.05, 0.1) is 4.99 Å². The lowest BCUT2D eigenvalue weighted by atomic mass is 9.56. The Kier molecular flexibility index (Phi) is 6.02. The van der Waals surface area contributed by atoms with Gasteiger partial charge < -0.3 is 4.90 Å². The van der Waals surface area contributed by atoms with Crippen LogP contribution in [0.4, 0.5) is 0 Å². The molecule has 2 rings (SSSR count). The van der Waals surface area contributed by atoms with Gasteiger partial charge in [-0.1, -0.05) is 64.5 Å². The Bertz CT molecular complexity index is 395. The standard InChI is InChI=1S/C19H36BNS/c1-13(2)19(5)12-15(20)8-6-7-9-16-17(19)10-11-21(14(3)4)18(16)22/h13-17H,6-12,20H2,1-5H3. The van der Waals surface area contributed by atoms with E-state index in [2.05, 4.69) is 47.4 Å². The maximum atomic E-state index is 5.99. The van der Waals surface area contributed by atoms with Crippen LogP contribution < -0.4 is 0 Å². The molecule has 0 aromatic rings. The molecule has 0 spiro atoms. The molecule has 0 aromatic carbocycles. The third-order valence-corrected chi connectivity index (χ3v) is 7.34. The maximum absolute atomic E-state index is 5.99. The summed E-state index contributed by atoms with van der Waals surface area (Å²) in [4.78, 5) is 3.80. The Balaban J connectivity index is 2.33. The second-order valence-electron chi connectivity index (χ2n) is 8.88. The second kappa shape index (κ2) is 7.24. The van der Waals surface area contributed by atoms with E-state index in [1.54, 1.807) is 0 Å². The Morgan fingerprint density at radius 1 is 1.14 bits per heavy atom. The van der Waals surface area contributed by atoms with Crippen molar-refractivity contribution in [3.8, 4) is 0 Å². The van der Waals surface area contributed by atoms with E-state index < -0.39 is 0 Å². The van der Waals surface area contributed by atoms with Crippen LogP contribution in [0.15, 0.2) is 0 Å². The average Bonchev–Trinajstić information content (AvgIpc) is 2.49. The van der Waals surface area contributed by atoms with Crippen molar-refractivity contribution in [2.24, 2.45) is 23.2 Å². The fourth-order valence-corrected chi connectivity index (χ4v) is 5.71. The van der Waals surface area contributed by atoms with E-state index in [1.807, 2.05) is 0 Å². The van der Waals surface area contributed by atoms with E-state index in [1.165, 1.54) is 50.1 Å². The molecule has 1 aliphatic carbocycles. The number of hydrogen-bond acceptors (Lipinski definition) is 1. The molecule has 0 aromatic heterocycles. The van der Waals surface area contributed by atoms with Crippen LogP contribution in [0.25, 0.3) is 0 Å². The van der Waals surface area contributed by atoms with E-state index >= 15 is 0 Å². The van der Waals surface area contributed by atoms with Crippen LogP contribution in [0.1, 0.15) is 73.1 Å². The van der Waals surface area contributed by atoms with Crippen molar-refractivity contribution < 1.29 is 0 Å². The van der Waals surface area contributed by atoms with Gasteiger partial charge in [0.2, 0.25) is 0 Å². The molecule has 2 aliphatic rings. The van der Waals surface area contributed by atoms with Gasteiger partial charge in [-0.2, -0.15) is 0 Å². The number of likely N-dealkylation sites (tertiary alicyclic amines) is 1. The first-order chi connectivity index (χ1) is 10.3. The number of hydrogen-bond donors (Lipinski definition) is 0. The summed E-state index contributed by atoms with van der Waals surface area (Å²) < 4.78 is 0. The van der Waals surface area contributed by atoms with Crippen molar-refractivity contribution in [1.29, 1.82) is 0 Å². The molecule has 1 saturated heterocycles. The fraction of sp³-hybridized carbons (Fsp3) is 0.947. The number of fused-ring (bicyclic) bond motifs is 1. The van der Waals surface area contributed by atoms with Gasteiger partial charge in [0, 0.05) is 18.5 Å². The monoisotopic (exact) mass is 321 g/mol. The quantitative estimate of drug-likeness (QED) is 0.535. The maximum Gasteiger partial charge on any atom is 0.105 e. The molecule has 1 saturated carbocycles. The van der Waals surface area contributed by atoms with E-state index in [-0.39, 0.29) is 0 Å². The Morgan fingerprint density at radius 3 is 2.36 bits per heavy atom. The molecular formula is C19H36BNS. The number of thiocarbonyl (C=S) groups is 1. The molecular weight excluding hydrogens is 285 g/mol. The highest BCUT2D eigenvalue weighted by Crippen LogP contribution is 2.51. The van der Waals surface area contributed by atoms with E-state index in [9.17, 15) is 0 Å². The highest BCUT2D eigenvalue weighted by Gasteiger charge is 2.46. The smallest absolute Gasteiger partial charge is 0.105 e. The molecule has 1 heterocycles. The third kappa shape index (κ3) is 3.55. The van der Waals surface area contributed by atoms with Crippen LogP contribution in [0.3, 0.4) is 0 Å². The van der Waals surface area contributed by atoms with Crippen LogP contribution in [0.5, 0.6) is 0 Å². The molecule has 1 aliphatic heterocycles. The molecule has 4 unspecified atom stereocenters. The van der Waals surface area contributed by atoms with E-state index in [4.69, 9.17) is 12.2 Å². The van der Waals surface area contributed by atoms with E-state index in [0.717, 1.165) is 17.7 Å². The van der Waals surface area contributed by atoms with Gasteiger partial charge in [0.15, 0.2) is 0 Å². The first-order valence-corrected chi connectivity index (χ1v) is 9.98. The Labute approximate surface area is 145 Å². The molecule has 2 fully saturated rings. The number of piperidine rings is 1. The molecule has 4 atom stereocenters. The lowest BCUT2D eigenvalue weighted by Gasteiger charge is -2.52. The highest BCUT2D eigenvalue weighted by atomic mass is 32.1. The van der Waals surface area contributed by atoms with Gasteiger partial charge in [0.1, 0.15) is 7.85 Å². The van der Waals surface area contributed by atoms with Crippen LogP contribution in [0.2, 0.25) is 5.82 Å². The van der Waals surface area contributed by atoms with Gasteiger partial charge in [0.25, 0.3) is 0 Å². The van der Waals surface area contributed by atoms with Crippen molar-refractivity contribution in [1.82, 2.24) is 4.90 Å². The fourth-order valence-electron chi connectivity index (χ4n) is 5.13. The van der Waals surface area contributed by atoms with Gasteiger partial charge in [-0.25, -0.2) is 0 Å². The molecule has 22 heavy (non-hydrogen) atoms. The first-order valence-electron chi connectivity index (χ1n) is 9.57. The van der Waals surface area contributed by atoms with Gasteiger partial charge >= 0.3 is 0 Å². The second-order valence-corrected chi connectivity index (χ2v) is 9.30. The first kappa shape index (κ1) is 18.3. The van der Waals surface area contributed by atoms with Crippen LogP contribution >= 0.6 is 12.2 Å². The summed E-state index contributed by atoms with van der Waals surface area (Å²) in [7, 11) is 2.47. The SMILES string of the molecule is BC1CCCCC2C(=S)N(C(C)C)CCC2C(C)(C(C)C)C1. The van der Waals surface area contributed by atoms with Crippen LogP contribution in [-0.2, 0) is 0 Å². The Hall–Kier alpha value is -0.0451. The van der Waals surface area contributed by atoms with Crippen molar-refractivity contribution in [3.05, 3.63) is 0 Å². The molecule has 0 radical (unpaired) electrons. The minimum Gasteiger partial charge on any atom is -0.363 e. The minimum atomic E-state index is 0.446. The van der Waals surface area contributed by atoms with Crippen molar-refractivity contribution >= 4 is 25.1 Å². The molecule has 0 N–H and O–H groups in total. The van der Waals surface area contributed by atoms with E-state index in [0.29, 0.717) is 17.4 Å². The summed E-state index contributed by atoms with van der Waals surface area (Å²) in [5.41, 5.74) is 0.446. The summed E-state index contributed by atoms with van der Waals surface area (Å²) in [5, 5.41) is 0. The lowest BCUT2D eigenvalue weighted by molar-refractivity contribution is 0.0427. The summed E-state index contributed by atoms with van der Waals surface area (Å²) in [6.45, 7) is 13.2. The van der Waals surface area contributed by atoms with Crippen molar-refractivity contribution in [2.45, 2.75) is 85.0 Å². The van der Waals surface area contributed by atoms with Gasteiger partial charge in [-0.3, -0.25) is 0 Å². The largest absolute Gasteiger partial charge is 0.363 e. The normalized spacial score (nSPS) is 37.7. The summed E-state index contributed by atoms with van der Waals surface area (Å²) in [5.74, 6) is 3.04. The van der Waals surface area contributed by atoms with Crippen LogP contribution in [-0.4, -0.2) is 30.3 Å². The van der Waals surface area contributed by atoms with Gasteiger partial charge in [-0.15, -0.1) is 0 Å².